The molecular formula is C13H14F6O2. The van der Waals surface area contributed by atoms with Gasteiger partial charge in [-0.05, 0) is 25.7 Å². The third kappa shape index (κ3) is 9.86. The highest BCUT2D eigenvalue weighted by atomic mass is 19.4. The molecule has 120 valence electrons. The first-order chi connectivity index (χ1) is 9.55. The van der Waals surface area contributed by atoms with Gasteiger partial charge in [-0.1, -0.05) is 24.3 Å². The summed E-state index contributed by atoms with van der Waals surface area (Å²) in [6, 6.07) is 0. The highest BCUT2D eigenvalue weighted by Gasteiger charge is 2.46. The van der Waals surface area contributed by atoms with E-state index in [2.05, 4.69) is 24.3 Å². The van der Waals surface area contributed by atoms with Gasteiger partial charge in [0, 0.05) is 0 Å². The van der Waals surface area contributed by atoms with E-state index in [1.54, 1.807) is 0 Å². The van der Waals surface area contributed by atoms with Crippen molar-refractivity contribution >= 4 is 11.6 Å². The average Bonchev–Trinajstić information content (AvgIpc) is 2.25. The quantitative estimate of drug-likeness (QED) is 0.432. The molecular weight excluding hydrogens is 302 g/mol. The Morgan fingerprint density at radius 2 is 0.905 bits per heavy atom. The van der Waals surface area contributed by atoms with Crippen LogP contribution in [0, 0.1) is 0 Å². The fourth-order valence-electron chi connectivity index (χ4n) is 1.20. The van der Waals surface area contributed by atoms with Crippen LogP contribution in [-0.2, 0) is 9.59 Å². The van der Waals surface area contributed by atoms with Crippen LogP contribution in [0.2, 0.25) is 0 Å². The molecule has 0 bridgehead atoms. The Bertz CT molecular complexity index is 354. The molecule has 1 aliphatic rings. The lowest BCUT2D eigenvalue weighted by Crippen LogP contribution is -2.31. The van der Waals surface area contributed by atoms with Gasteiger partial charge in [-0.2, -0.15) is 26.3 Å². The van der Waals surface area contributed by atoms with Crippen LogP contribution in [0.3, 0.4) is 0 Å². The molecule has 0 aromatic carbocycles. The van der Waals surface area contributed by atoms with Gasteiger partial charge in [0.15, 0.2) is 0 Å². The van der Waals surface area contributed by atoms with Crippen LogP contribution in [0.5, 0.6) is 0 Å². The summed E-state index contributed by atoms with van der Waals surface area (Å²) in [5.74, 6) is -5.40. The Balaban J connectivity index is 0.000000423. The smallest absolute Gasteiger partial charge is 0.289 e. The van der Waals surface area contributed by atoms with E-state index in [-0.39, 0.29) is 0 Å². The fraction of sp³-hybridized carbons (Fsp3) is 0.538. The van der Waals surface area contributed by atoms with Gasteiger partial charge in [-0.3, -0.25) is 9.59 Å². The summed E-state index contributed by atoms with van der Waals surface area (Å²) in [4.78, 5) is 19.8. The molecule has 0 heterocycles. The maximum atomic E-state index is 11.3. The van der Waals surface area contributed by atoms with E-state index in [4.69, 9.17) is 0 Å². The zero-order chi connectivity index (χ0) is 16.5. The van der Waals surface area contributed by atoms with Crippen molar-refractivity contribution in [3.63, 3.8) is 0 Å². The van der Waals surface area contributed by atoms with Crippen LogP contribution in [0.15, 0.2) is 24.3 Å². The standard InChI is InChI=1S/C8H12.C5H2F6O2/c1-2-4-6-8-7-5-3-1;6-4(7,8)2(12)1-3(13)5(9,10)11/h1-2,7-8H,3-6H2;1H2/b2-1-,8-7?;. The van der Waals surface area contributed by atoms with E-state index < -0.39 is 30.3 Å². The lowest BCUT2D eigenvalue weighted by Gasteiger charge is -2.06. The number of Topliss-reactive ketones (excluding diaryl/α,β-unsaturated/α-hetero) is 2. The largest absolute Gasteiger partial charge is 0.450 e. The van der Waals surface area contributed by atoms with E-state index >= 15 is 0 Å². The zero-order valence-corrected chi connectivity index (χ0v) is 10.9. The van der Waals surface area contributed by atoms with Crippen molar-refractivity contribution < 1.29 is 35.9 Å². The first-order valence-electron chi connectivity index (χ1n) is 6.05. The SMILES string of the molecule is C1=CCC/C=C\CC1.O=C(CC(=O)C(F)(F)F)C(F)(F)F. The number of allylic oxidation sites excluding steroid dienone is 4. The lowest BCUT2D eigenvalue weighted by atomic mass is 10.1. The number of ketones is 2. The molecule has 2 nitrogen and oxygen atoms in total. The molecule has 0 aliphatic heterocycles. The summed E-state index contributed by atoms with van der Waals surface area (Å²) < 4.78 is 68.0. The number of carbonyl (C=O) groups is 2. The zero-order valence-electron chi connectivity index (χ0n) is 10.9. The Labute approximate surface area is 117 Å². The summed E-state index contributed by atoms with van der Waals surface area (Å²) >= 11 is 0. The van der Waals surface area contributed by atoms with E-state index in [1.807, 2.05) is 0 Å². The van der Waals surface area contributed by atoms with Crippen molar-refractivity contribution in [2.45, 2.75) is 44.5 Å². The van der Waals surface area contributed by atoms with Crippen LogP contribution in [-0.4, -0.2) is 23.9 Å². The topological polar surface area (TPSA) is 34.1 Å². The molecule has 0 saturated carbocycles. The predicted molar refractivity (Wildman–Crippen MR) is 63.5 cm³/mol. The number of rotatable bonds is 2. The van der Waals surface area contributed by atoms with Gasteiger partial charge in [0.05, 0.1) is 6.42 Å². The lowest BCUT2D eigenvalue weighted by molar-refractivity contribution is -0.182. The molecule has 0 amide bonds. The molecule has 0 saturated heterocycles. The number of alkyl halides is 6. The predicted octanol–water partition coefficient (Wildman–Crippen LogP) is 4.31. The Morgan fingerprint density at radius 3 is 1.10 bits per heavy atom. The molecule has 0 unspecified atom stereocenters. The Kier molecular flexibility index (Phi) is 7.98. The number of halogens is 6. The number of carbonyl (C=O) groups excluding carboxylic acids is 2. The highest BCUT2D eigenvalue weighted by Crippen LogP contribution is 2.23. The van der Waals surface area contributed by atoms with Gasteiger partial charge < -0.3 is 0 Å². The molecule has 1 aliphatic carbocycles. The molecule has 0 radical (unpaired) electrons. The van der Waals surface area contributed by atoms with E-state index in [0.717, 1.165) is 0 Å². The second-order valence-corrected chi connectivity index (χ2v) is 4.12. The Hall–Kier alpha value is -1.60. The molecule has 0 atom stereocenters. The summed E-state index contributed by atoms with van der Waals surface area (Å²) in [5.41, 5.74) is 0. The normalized spacial score (nSPS) is 17.0. The van der Waals surface area contributed by atoms with Crippen molar-refractivity contribution in [1.29, 1.82) is 0 Å². The van der Waals surface area contributed by atoms with E-state index in [9.17, 15) is 35.9 Å². The number of hydrogen-bond acceptors (Lipinski definition) is 2. The monoisotopic (exact) mass is 316 g/mol. The van der Waals surface area contributed by atoms with Crippen LogP contribution >= 0.6 is 0 Å². The van der Waals surface area contributed by atoms with Gasteiger partial charge >= 0.3 is 12.4 Å². The van der Waals surface area contributed by atoms with Crippen molar-refractivity contribution in [2.24, 2.45) is 0 Å². The summed E-state index contributed by atoms with van der Waals surface area (Å²) in [6.07, 6.45) is 1.01. The summed E-state index contributed by atoms with van der Waals surface area (Å²) in [5, 5.41) is 0. The van der Waals surface area contributed by atoms with Gasteiger partial charge in [0.2, 0.25) is 11.6 Å². The third-order valence-corrected chi connectivity index (χ3v) is 2.29. The van der Waals surface area contributed by atoms with Gasteiger partial charge in [0.1, 0.15) is 0 Å². The molecule has 21 heavy (non-hydrogen) atoms. The molecule has 0 fully saturated rings. The van der Waals surface area contributed by atoms with E-state index in [1.165, 1.54) is 25.7 Å². The van der Waals surface area contributed by atoms with Crippen molar-refractivity contribution in [2.75, 3.05) is 0 Å². The minimum absolute atomic E-state index is 1.23. The van der Waals surface area contributed by atoms with E-state index in [0.29, 0.717) is 0 Å². The molecule has 0 N–H and O–H groups in total. The van der Waals surface area contributed by atoms with Gasteiger partial charge in [-0.15, -0.1) is 0 Å². The number of hydrogen-bond donors (Lipinski definition) is 0. The average molecular weight is 316 g/mol. The van der Waals surface area contributed by atoms with Crippen molar-refractivity contribution in [3.8, 4) is 0 Å². The molecule has 8 heteroatoms. The van der Waals surface area contributed by atoms with Gasteiger partial charge in [-0.25, -0.2) is 0 Å². The highest BCUT2D eigenvalue weighted by molar-refractivity contribution is 6.03. The first kappa shape index (κ1) is 19.4. The summed E-state index contributed by atoms with van der Waals surface area (Å²) in [6.45, 7) is 0. The van der Waals surface area contributed by atoms with Crippen LogP contribution in [0.1, 0.15) is 32.1 Å². The van der Waals surface area contributed by atoms with Crippen LogP contribution in [0.4, 0.5) is 26.3 Å². The van der Waals surface area contributed by atoms with Crippen LogP contribution in [0.25, 0.3) is 0 Å². The summed E-state index contributed by atoms with van der Waals surface area (Å²) in [7, 11) is 0. The van der Waals surface area contributed by atoms with Crippen LogP contribution < -0.4 is 0 Å². The minimum Gasteiger partial charge on any atom is -0.289 e. The fourth-order valence-corrected chi connectivity index (χ4v) is 1.20. The van der Waals surface area contributed by atoms with Crippen molar-refractivity contribution in [1.82, 2.24) is 0 Å². The van der Waals surface area contributed by atoms with Gasteiger partial charge in [0.25, 0.3) is 0 Å². The molecule has 0 spiro atoms. The molecule has 0 aromatic rings. The maximum absolute atomic E-state index is 11.3. The minimum atomic E-state index is -5.40. The second-order valence-electron chi connectivity index (χ2n) is 4.12. The maximum Gasteiger partial charge on any atom is 0.450 e. The first-order valence-corrected chi connectivity index (χ1v) is 6.05. The molecule has 1 rings (SSSR count). The Morgan fingerprint density at radius 1 is 0.667 bits per heavy atom. The molecule has 0 aromatic heterocycles. The van der Waals surface area contributed by atoms with Crippen molar-refractivity contribution in [3.05, 3.63) is 24.3 Å². The third-order valence-electron chi connectivity index (χ3n) is 2.29. The second kappa shape index (κ2) is 8.63.